The quantitative estimate of drug-likeness (QED) is 0.853. The van der Waals surface area contributed by atoms with Crippen molar-refractivity contribution in [3.8, 4) is 0 Å². The van der Waals surface area contributed by atoms with Crippen LogP contribution >= 0.6 is 0 Å². The minimum atomic E-state index is -0.211. The molecule has 0 aliphatic heterocycles. The van der Waals surface area contributed by atoms with Gasteiger partial charge in [0.25, 0.3) is 5.91 Å². The summed E-state index contributed by atoms with van der Waals surface area (Å²) >= 11 is 0. The van der Waals surface area contributed by atoms with Crippen molar-refractivity contribution < 1.29 is 4.79 Å². The monoisotopic (exact) mass is 248 g/mol. The minimum absolute atomic E-state index is 0.211. The van der Waals surface area contributed by atoms with Gasteiger partial charge in [0.05, 0.1) is 0 Å². The molecular weight excluding hydrogens is 228 g/mol. The molecule has 0 spiro atoms. The summed E-state index contributed by atoms with van der Waals surface area (Å²) in [7, 11) is 1.58. The van der Waals surface area contributed by atoms with Gasteiger partial charge in [0.1, 0.15) is 5.82 Å². The molecule has 1 aromatic rings. The molecule has 0 unspecified atom stereocenters. The second-order valence-electron chi connectivity index (χ2n) is 5.25. The van der Waals surface area contributed by atoms with Gasteiger partial charge in [0.2, 0.25) is 0 Å². The van der Waals surface area contributed by atoms with Crippen molar-refractivity contribution in [2.45, 2.75) is 32.6 Å². The third-order valence-corrected chi connectivity index (χ3v) is 3.63. The lowest BCUT2D eigenvalue weighted by molar-refractivity contribution is 0.0957. The highest BCUT2D eigenvalue weighted by Crippen LogP contribution is 2.37. The predicted molar refractivity (Wildman–Crippen MR) is 70.5 cm³/mol. The Balaban J connectivity index is 1.92. The van der Waals surface area contributed by atoms with Crippen LogP contribution in [-0.4, -0.2) is 29.7 Å². The van der Waals surface area contributed by atoms with E-state index in [1.807, 2.05) is 0 Å². The first-order valence-electron chi connectivity index (χ1n) is 6.43. The summed E-state index contributed by atoms with van der Waals surface area (Å²) in [4.78, 5) is 11.3. The van der Waals surface area contributed by atoms with E-state index in [4.69, 9.17) is 0 Å². The van der Waals surface area contributed by atoms with Crippen LogP contribution in [0, 0.1) is 5.41 Å². The molecule has 1 heterocycles. The van der Waals surface area contributed by atoms with Crippen LogP contribution in [0.25, 0.3) is 0 Å². The minimum Gasteiger partial charge on any atom is -0.368 e. The zero-order valence-electron chi connectivity index (χ0n) is 11.0. The highest BCUT2D eigenvalue weighted by Gasteiger charge is 2.28. The van der Waals surface area contributed by atoms with Crippen LogP contribution in [0.4, 0.5) is 5.82 Å². The van der Waals surface area contributed by atoms with Gasteiger partial charge in [-0.3, -0.25) is 4.79 Å². The molecule has 5 nitrogen and oxygen atoms in total. The summed E-state index contributed by atoms with van der Waals surface area (Å²) in [5, 5.41) is 13.7. The van der Waals surface area contributed by atoms with Gasteiger partial charge in [-0.1, -0.05) is 19.8 Å². The molecule has 0 radical (unpaired) electrons. The van der Waals surface area contributed by atoms with E-state index in [1.165, 1.54) is 25.7 Å². The number of rotatable bonds is 4. The molecule has 1 amide bonds. The van der Waals surface area contributed by atoms with Crippen LogP contribution in [0.15, 0.2) is 12.1 Å². The molecule has 1 aliphatic rings. The van der Waals surface area contributed by atoms with Crippen LogP contribution in [-0.2, 0) is 0 Å². The third kappa shape index (κ3) is 2.97. The number of carbonyl (C=O) groups is 1. The molecule has 0 atom stereocenters. The Morgan fingerprint density at radius 1 is 1.33 bits per heavy atom. The van der Waals surface area contributed by atoms with E-state index in [2.05, 4.69) is 27.8 Å². The first-order chi connectivity index (χ1) is 8.63. The number of anilines is 1. The van der Waals surface area contributed by atoms with Crippen molar-refractivity contribution >= 4 is 11.7 Å². The average Bonchev–Trinajstić information content (AvgIpc) is 2.83. The maximum Gasteiger partial charge on any atom is 0.271 e. The van der Waals surface area contributed by atoms with Gasteiger partial charge in [-0.2, -0.15) is 0 Å². The maximum absolute atomic E-state index is 11.3. The normalized spacial score (nSPS) is 17.4. The van der Waals surface area contributed by atoms with Crippen LogP contribution in [0.3, 0.4) is 0 Å². The molecule has 0 aromatic carbocycles. The van der Waals surface area contributed by atoms with Gasteiger partial charge in [0, 0.05) is 13.6 Å². The lowest BCUT2D eigenvalue weighted by Gasteiger charge is -2.23. The summed E-state index contributed by atoms with van der Waals surface area (Å²) < 4.78 is 0. The van der Waals surface area contributed by atoms with E-state index in [-0.39, 0.29) is 5.91 Å². The third-order valence-electron chi connectivity index (χ3n) is 3.63. The largest absolute Gasteiger partial charge is 0.368 e. The zero-order valence-corrected chi connectivity index (χ0v) is 11.0. The SMILES string of the molecule is CNC(=O)c1ccc(NCC2(C)CCCC2)nn1. The Morgan fingerprint density at radius 3 is 2.61 bits per heavy atom. The zero-order chi connectivity index (χ0) is 13.0. The van der Waals surface area contributed by atoms with Crippen LogP contribution in [0.1, 0.15) is 43.1 Å². The van der Waals surface area contributed by atoms with E-state index in [0.29, 0.717) is 11.1 Å². The van der Waals surface area contributed by atoms with Crippen molar-refractivity contribution in [2.24, 2.45) is 5.41 Å². The van der Waals surface area contributed by atoms with E-state index >= 15 is 0 Å². The lowest BCUT2D eigenvalue weighted by atomic mass is 9.89. The van der Waals surface area contributed by atoms with Crippen molar-refractivity contribution in [1.82, 2.24) is 15.5 Å². The molecule has 0 saturated heterocycles. The van der Waals surface area contributed by atoms with Crippen LogP contribution in [0.2, 0.25) is 0 Å². The second kappa shape index (κ2) is 5.33. The smallest absolute Gasteiger partial charge is 0.271 e. The van der Waals surface area contributed by atoms with Crippen LogP contribution in [0.5, 0.6) is 0 Å². The van der Waals surface area contributed by atoms with Gasteiger partial charge in [-0.05, 0) is 30.4 Å². The molecule has 1 saturated carbocycles. The maximum atomic E-state index is 11.3. The fraction of sp³-hybridized carbons (Fsp3) is 0.615. The van der Waals surface area contributed by atoms with Gasteiger partial charge < -0.3 is 10.6 Å². The summed E-state index contributed by atoms with van der Waals surface area (Å²) in [6, 6.07) is 3.49. The van der Waals surface area contributed by atoms with E-state index in [0.717, 1.165) is 12.4 Å². The van der Waals surface area contributed by atoms with Crippen molar-refractivity contribution in [3.63, 3.8) is 0 Å². The molecule has 1 fully saturated rings. The lowest BCUT2D eigenvalue weighted by Crippen LogP contribution is -2.24. The molecular formula is C13H20N4O. The predicted octanol–water partition coefficient (Wildman–Crippen LogP) is 1.83. The van der Waals surface area contributed by atoms with E-state index in [1.54, 1.807) is 19.2 Å². The Labute approximate surface area is 107 Å². The van der Waals surface area contributed by atoms with Crippen LogP contribution < -0.4 is 10.6 Å². The molecule has 2 rings (SSSR count). The second-order valence-corrected chi connectivity index (χ2v) is 5.25. The van der Waals surface area contributed by atoms with Crippen molar-refractivity contribution in [2.75, 3.05) is 18.9 Å². The van der Waals surface area contributed by atoms with Crippen molar-refractivity contribution in [3.05, 3.63) is 17.8 Å². The van der Waals surface area contributed by atoms with E-state index in [9.17, 15) is 4.79 Å². The summed E-state index contributed by atoms with van der Waals surface area (Å²) in [5.74, 6) is 0.521. The van der Waals surface area contributed by atoms with Gasteiger partial charge in [0.15, 0.2) is 5.69 Å². The van der Waals surface area contributed by atoms with Gasteiger partial charge in [-0.15, -0.1) is 10.2 Å². The topological polar surface area (TPSA) is 66.9 Å². The Bertz CT molecular complexity index is 410. The molecule has 2 N–H and O–H groups in total. The number of hydrogen-bond donors (Lipinski definition) is 2. The number of carbonyl (C=O) groups excluding carboxylic acids is 1. The number of aromatic nitrogens is 2. The Hall–Kier alpha value is -1.65. The first kappa shape index (κ1) is 12.8. The first-order valence-corrected chi connectivity index (χ1v) is 6.43. The summed E-state index contributed by atoms with van der Waals surface area (Å²) in [6.45, 7) is 3.22. The fourth-order valence-electron chi connectivity index (χ4n) is 2.38. The standard InChI is InChI=1S/C13H20N4O/c1-13(7-3-4-8-13)9-15-11-6-5-10(16-17-11)12(18)14-2/h5-6H,3-4,7-9H2,1-2H3,(H,14,18)(H,15,17). The number of amides is 1. The van der Waals surface area contributed by atoms with Gasteiger partial charge in [-0.25, -0.2) is 0 Å². The molecule has 18 heavy (non-hydrogen) atoms. The molecule has 0 bridgehead atoms. The fourth-order valence-corrected chi connectivity index (χ4v) is 2.38. The Kier molecular flexibility index (Phi) is 3.79. The average molecular weight is 248 g/mol. The summed E-state index contributed by atoms with van der Waals surface area (Å²) in [5.41, 5.74) is 0.719. The molecule has 5 heteroatoms. The highest BCUT2D eigenvalue weighted by atomic mass is 16.1. The number of hydrogen-bond acceptors (Lipinski definition) is 4. The molecule has 1 aliphatic carbocycles. The summed E-state index contributed by atoms with van der Waals surface area (Å²) in [6.07, 6.45) is 5.17. The Morgan fingerprint density at radius 2 is 2.06 bits per heavy atom. The number of nitrogens with one attached hydrogen (secondary N) is 2. The highest BCUT2D eigenvalue weighted by molar-refractivity contribution is 5.91. The van der Waals surface area contributed by atoms with Crippen molar-refractivity contribution in [1.29, 1.82) is 0 Å². The number of nitrogens with zero attached hydrogens (tertiary/aromatic N) is 2. The molecule has 98 valence electrons. The molecule has 1 aromatic heterocycles. The van der Waals surface area contributed by atoms with E-state index < -0.39 is 0 Å². The van der Waals surface area contributed by atoms with Gasteiger partial charge >= 0.3 is 0 Å².